The van der Waals surface area contributed by atoms with Gasteiger partial charge in [0, 0.05) is 23.7 Å². The van der Waals surface area contributed by atoms with Crippen molar-refractivity contribution in [1.29, 1.82) is 0 Å². The molecule has 0 amide bonds. The van der Waals surface area contributed by atoms with Crippen molar-refractivity contribution in [3.05, 3.63) is 40.6 Å². The van der Waals surface area contributed by atoms with Gasteiger partial charge in [0.15, 0.2) is 0 Å². The maximum absolute atomic E-state index is 11.4. The van der Waals surface area contributed by atoms with Gasteiger partial charge in [-0.3, -0.25) is 19.8 Å². The fourth-order valence-corrected chi connectivity index (χ4v) is 3.95. The highest BCUT2D eigenvalue weighted by molar-refractivity contribution is 8.00. The fourth-order valence-electron chi connectivity index (χ4n) is 2.79. The zero-order valence-electron chi connectivity index (χ0n) is 12.3. The van der Waals surface area contributed by atoms with Gasteiger partial charge in [-0.15, -0.1) is 0 Å². The summed E-state index contributed by atoms with van der Waals surface area (Å²) in [6, 6.07) is 7.09. The summed E-state index contributed by atoms with van der Waals surface area (Å²) < 4.78 is 1.89. The molecule has 0 aliphatic carbocycles. The van der Waals surface area contributed by atoms with Crippen LogP contribution in [-0.4, -0.2) is 33.3 Å². The Bertz CT molecular complexity index is 937. The van der Waals surface area contributed by atoms with Crippen LogP contribution in [0.3, 0.4) is 0 Å². The Balaban J connectivity index is 2.04. The van der Waals surface area contributed by atoms with E-state index in [-0.39, 0.29) is 10.6 Å². The van der Waals surface area contributed by atoms with Crippen LogP contribution in [0.25, 0.3) is 22.3 Å². The maximum Gasteiger partial charge on any atom is 0.284 e. The molecule has 1 aliphatic rings. The Hall–Kier alpha value is -2.45. The molecule has 0 radical (unpaired) electrons. The van der Waals surface area contributed by atoms with E-state index in [1.54, 1.807) is 18.3 Å². The molecule has 8 heteroatoms. The number of benzene rings is 1. The number of nitrogens with zero attached hydrogens (tertiary/aromatic N) is 4. The van der Waals surface area contributed by atoms with E-state index in [4.69, 9.17) is 0 Å². The quantitative estimate of drug-likeness (QED) is 0.458. The molecular weight excluding hydrogens is 314 g/mol. The van der Waals surface area contributed by atoms with E-state index in [1.165, 1.54) is 11.8 Å². The second kappa shape index (κ2) is 5.32. The Kier molecular flexibility index (Phi) is 3.28. The third-order valence-electron chi connectivity index (χ3n) is 3.83. The van der Waals surface area contributed by atoms with Crippen LogP contribution in [0.2, 0.25) is 0 Å². The molecular formula is C15H13N5O2S. The highest BCUT2D eigenvalue weighted by atomic mass is 32.2. The summed E-state index contributed by atoms with van der Waals surface area (Å²) in [5.74, 6) is 0. The van der Waals surface area contributed by atoms with E-state index in [2.05, 4.69) is 15.4 Å². The lowest BCUT2D eigenvalue weighted by molar-refractivity contribution is -0.387. The topological polar surface area (TPSA) is 85.9 Å². The minimum atomic E-state index is -0.335. The molecule has 0 saturated heterocycles. The van der Waals surface area contributed by atoms with Crippen LogP contribution in [0.5, 0.6) is 0 Å². The van der Waals surface area contributed by atoms with Crippen LogP contribution in [0.15, 0.2) is 40.3 Å². The van der Waals surface area contributed by atoms with Gasteiger partial charge in [0.05, 0.1) is 22.4 Å². The highest BCUT2D eigenvalue weighted by Crippen LogP contribution is 2.49. The number of rotatable bonds is 4. The second-order valence-corrected chi connectivity index (χ2v) is 6.24. The number of likely N-dealkylation sites (N-methyl/N-ethyl adjacent to an activating group) is 1. The van der Waals surface area contributed by atoms with Gasteiger partial charge in [0.2, 0.25) is 0 Å². The zero-order chi connectivity index (χ0) is 16.0. The molecule has 116 valence electrons. The van der Waals surface area contributed by atoms with Crippen LogP contribution in [0.4, 0.5) is 5.69 Å². The van der Waals surface area contributed by atoms with Gasteiger partial charge in [-0.2, -0.15) is 5.10 Å². The molecule has 4 rings (SSSR count). The molecule has 0 spiro atoms. The van der Waals surface area contributed by atoms with Crippen molar-refractivity contribution in [2.45, 2.75) is 16.3 Å². The van der Waals surface area contributed by atoms with Crippen molar-refractivity contribution in [2.24, 2.45) is 0 Å². The summed E-state index contributed by atoms with van der Waals surface area (Å²) >= 11 is 1.39. The van der Waals surface area contributed by atoms with Crippen molar-refractivity contribution in [1.82, 2.24) is 20.1 Å². The SMILES string of the molecule is CNCCn1nc2c3c(c([N+](=O)[O-])ccc31)Sc1cccnc1-2. The van der Waals surface area contributed by atoms with E-state index in [0.717, 1.165) is 33.7 Å². The van der Waals surface area contributed by atoms with E-state index in [9.17, 15) is 10.1 Å². The minimum absolute atomic E-state index is 0.117. The van der Waals surface area contributed by atoms with Crippen LogP contribution in [0, 0.1) is 10.1 Å². The van der Waals surface area contributed by atoms with E-state index in [1.807, 2.05) is 23.9 Å². The van der Waals surface area contributed by atoms with Crippen molar-refractivity contribution >= 4 is 28.4 Å². The molecule has 23 heavy (non-hydrogen) atoms. The number of nitrogens with one attached hydrogen (secondary N) is 1. The van der Waals surface area contributed by atoms with Crippen LogP contribution in [-0.2, 0) is 6.54 Å². The van der Waals surface area contributed by atoms with Gasteiger partial charge in [0.25, 0.3) is 5.69 Å². The van der Waals surface area contributed by atoms with E-state index in [0.29, 0.717) is 11.4 Å². The molecule has 1 aromatic carbocycles. The van der Waals surface area contributed by atoms with Gasteiger partial charge in [-0.1, -0.05) is 11.8 Å². The van der Waals surface area contributed by atoms with Gasteiger partial charge >= 0.3 is 0 Å². The number of hydrogen-bond acceptors (Lipinski definition) is 6. The number of nitro benzene ring substituents is 1. The maximum atomic E-state index is 11.4. The van der Waals surface area contributed by atoms with Crippen LogP contribution < -0.4 is 5.32 Å². The predicted molar refractivity (Wildman–Crippen MR) is 87.7 cm³/mol. The molecule has 0 saturated carbocycles. The summed E-state index contributed by atoms with van der Waals surface area (Å²) in [6.45, 7) is 1.46. The fraction of sp³-hybridized carbons (Fsp3) is 0.200. The first kappa shape index (κ1) is 14.2. The van der Waals surface area contributed by atoms with Gasteiger partial charge < -0.3 is 5.32 Å². The average molecular weight is 327 g/mol. The lowest BCUT2D eigenvalue weighted by Gasteiger charge is -2.13. The largest absolute Gasteiger partial charge is 0.318 e. The molecule has 1 N–H and O–H groups in total. The summed E-state index contributed by atoms with van der Waals surface area (Å²) in [6.07, 6.45) is 1.72. The second-order valence-electron chi connectivity index (χ2n) is 5.19. The highest BCUT2D eigenvalue weighted by Gasteiger charge is 2.30. The van der Waals surface area contributed by atoms with Crippen LogP contribution >= 0.6 is 11.8 Å². The number of hydrogen-bond donors (Lipinski definition) is 1. The third-order valence-corrected chi connectivity index (χ3v) is 4.99. The molecule has 3 aromatic rings. The van der Waals surface area contributed by atoms with Crippen molar-refractivity contribution < 1.29 is 4.92 Å². The van der Waals surface area contributed by atoms with Crippen molar-refractivity contribution in [2.75, 3.05) is 13.6 Å². The van der Waals surface area contributed by atoms with Gasteiger partial charge in [0.1, 0.15) is 16.3 Å². The molecule has 3 heterocycles. The molecule has 7 nitrogen and oxygen atoms in total. The number of aromatic nitrogens is 3. The van der Waals surface area contributed by atoms with Gasteiger partial charge in [-0.25, -0.2) is 0 Å². The standard InChI is InChI=1S/C15H13N5O2S/c1-16-7-8-19-9-4-5-10(20(21)22)15-12(9)14(18-19)13-11(23-15)3-2-6-17-13/h2-6,16H,7-8H2,1H3. The summed E-state index contributed by atoms with van der Waals surface area (Å²) in [7, 11) is 1.88. The number of pyridine rings is 1. The summed E-state index contributed by atoms with van der Waals surface area (Å²) in [5, 5.41) is 20.0. The number of nitro groups is 1. The Morgan fingerprint density at radius 3 is 3.00 bits per heavy atom. The minimum Gasteiger partial charge on any atom is -0.318 e. The smallest absolute Gasteiger partial charge is 0.284 e. The summed E-state index contributed by atoms with van der Waals surface area (Å²) in [4.78, 5) is 17.0. The average Bonchev–Trinajstić information content (AvgIpc) is 2.93. The lowest BCUT2D eigenvalue weighted by Crippen LogP contribution is -2.15. The monoisotopic (exact) mass is 327 g/mol. The Morgan fingerprint density at radius 1 is 1.35 bits per heavy atom. The van der Waals surface area contributed by atoms with Crippen LogP contribution in [0.1, 0.15) is 0 Å². The summed E-state index contributed by atoms with van der Waals surface area (Å²) in [5.41, 5.74) is 2.54. The van der Waals surface area contributed by atoms with Crippen molar-refractivity contribution in [3.8, 4) is 11.4 Å². The van der Waals surface area contributed by atoms with E-state index < -0.39 is 0 Å². The zero-order valence-corrected chi connectivity index (χ0v) is 13.1. The first-order valence-electron chi connectivity index (χ1n) is 7.16. The lowest BCUT2D eigenvalue weighted by atomic mass is 10.1. The Labute approximate surface area is 135 Å². The molecule has 0 fully saturated rings. The molecule has 0 atom stereocenters. The third kappa shape index (κ3) is 2.10. The predicted octanol–water partition coefficient (Wildman–Crippen LogP) is 2.69. The van der Waals surface area contributed by atoms with Gasteiger partial charge in [-0.05, 0) is 25.2 Å². The molecule has 1 aliphatic heterocycles. The van der Waals surface area contributed by atoms with E-state index >= 15 is 0 Å². The molecule has 0 bridgehead atoms. The first-order chi connectivity index (χ1) is 11.2. The normalized spacial score (nSPS) is 12.4. The number of fused-ring (bicyclic) bond motifs is 2. The Morgan fingerprint density at radius 2 is 2.22 bits per heavy atom. The molecule has 2 aromatic heterocycles. The first-order valence-corrected chi connectivity index (χ1v) is 7.98. The molecule has 0 unspecified atom stereocenters. The van der Waals surface area contributed by atoms with Crippen molar-refractivity contribution in [3.63, 3.8) is 0 Å².